The number of thiophene rings is 1. The van der Waals surface area contributed by atoms with Gasteiger partial charge in [-0.1, -0.05) is 22.0 Å². The first kappa shape index (κ1) is 13.5. The zero-order valence-electron chi connectivity index (χ0n) is 9.06. The number of hydrogen-bond donors (Lipinski definition) is 1. The van der Waals surface area contributed by atoms with Gasteiger partial charge >= 0.3 is 0 Å². The number of nitrogens with zero attached hydrogens (tertiary/aromatic N) is 1. The van der Waals surface area contributed by atoms with Gasteiger partial charge in [-0.25, -0.2) is 5.43 Å². The zero-order chi connectivity index (χ0) is 13.0. The van der Waals surface area contributed by atoms with E-state index in [-0.39, 0.29) is 5.91 Å². The molecule has 2 rings (SSSR count). The molecule has 0 atom stereocenters. The fourth-order valence-corrected chi connectivity index (χ4v) is 2.95. The van der Waals surface area contributed by atoms with Crippen LogP contribution >= 0.6 is 43.2 Å². The Morgan fingerprint density at radius 3 is 2.78 bits per heavy atom. The minimum absolute atomic E-state index is 0.233. The molecule has 3 nitrogen and oxygen atoms in total. The number of hydrogen-bond acceptors (Lipinski definition) is 3. The summed E-state index contributed by atoms with van der Waals surface area (Å²) in [5.41, 5.74) is 3.05. The van der Waals surface area contributed by atoms with Crippen molar-refractivity contribution in [1.82, 2.24) is 5.43 Å². The molecule has 1 amide bonds. The van der Waals surface area contributed by atoms with Crippen molar-refractivity contribution in [1.29, 1.82) is 0 Å². The van der Waals surface area contributed by atoms with Gasteiger partial charge in [0.05, 0.1) is 6.21 Å². The fraction of sp³-hybridized carbons (Fsp3) is 0. The van der Waals surface area contributed by atoms with Gasteiger partial charge in [0.15, 0.2) is 0 Å². The normalized spacial score (nSPS) is 10.8. The molecular formula is C12H8Br2N2OS. The molecule has 1 aromatic carbocycles. The predicted molar refractivity (Wildman–Crippen MR) is 81.2 cm³/mol. The molecule has 0 aliphatic rings. The van der Waals surface area contributed by atoms with Gasteiger partial charge in [-0.3, -0.25) is 4.79 Å². The number of carbonyl (C=O) groups excluding carboxylic acids is 1. The third-order valence-corrected chi connectivity index (χ3v) is 4.15. The highest BCUT2D eigenvalue weighted by Crippen LogP contribution is 2.17. The Bertz CT molecular complexity index is 595. The fourth-order valence-electron chi connectivity index (χ4n) is 1.24. The van der Waals surface area contributed by atoms with Crippen molar-refractivity contribution in [2.24, 2.45) is 5.10 Å². The number of halogens is 2. The Labute approximate surface area is 125 Å². The standard InChI is InChI=1S/C12H8Br2N2OS/c13-9-3-1-2-8(4-9)12(17)16-15-6-11-5-10(14)7-18-11/h1-7H,(H,16,17)/b15-6-. The SMILES string of the molecule is O=C(N/N=C\c1cc(Br)cs1)c1cccc(Br)c1. The number of nitrogens with one attached hydrogen (secondary N) is 1. The van der Waals surface area contributed by atoms with Gasteiger partial charge in [-0.2, -0.15) is 5.10 Å². The summed E-state index contributed by atoms with van der Waals surface area (Å²) in [7, 11) is 0. The number of benzene rings is 1. The van der Waals surface area contributed by atoms with Crippen LogP contribution < -0.4 is 5.43 Å². The lowest BCUT2D eigenvalue weighted by Gasteiger charge is -1.99. The van der Waals surface area contributed by atoms with Crippen molar-refractivity contribution in [3.63, 3.8) is 0 Å². The van der Waals surface area contributed by atoms with Gasteiger partial charge in [-0.15, -0.1) is 11.3 Å². The molecule has 18 heavy (non-hydrogen) atoms. The van der Waals surface area contributed by atoms with Crippen LogP contribution in [0.5, 0.6) is 0 Å². The molecule has 0 aliphatic heterocycles. The van der Waals surface area contributed by atoms with Crippen molar-refractivity contribution in [3.8, 4) is 0 Å². The van der Waals surface area contributed by atoms with Crippen molar-refractivity contribution >= 4 is 55.3 Å². The molecule has 0 aliphatic carbocycles. The third kappa shape index (κ3) is 3.76. The van der Waals surface area contributed by atoms with Crippen LogP contribution in [0.2, 0.25) is 0 Å². The van der Waals surface area contributed by atoms with Crippen molar-refractivity contribution in [2.45, 2.75) is 0 Å². The van der Waals surface area contributed by atoms with Crippen molar-refractivity contribution in [2.75, 3.05) is 0 Å². The van der Waals surface area contributed by atoms with Crippen molar-refractivity contribution in [3.05, 3.63) is 55.1 Å². The molecule has 0 saturated carbocycles. The smallest absolute Gasteiger partial charge is 0.267 e. The van der Waals surface area contributed by atoms with Crippen LogP contribution in [-0.2, 0) is 0 Å². The summed E-state index contributed by atoms with van der Waals surface area (Å²) in [6.07, 6.45) is 1.62. The first-order chi connectivity index (χ1) is 8.65. The summed E-state index contributed by atoms with van der Waals surface area (Å²) < 4.78 is 1.87. The molecule has 1 heterocycles. The summed E-state index contributed by atoms with van der Waals surface area (Å²) in [4.78, 5) is 12.7. The van der Waals surface area contributed by atoms with E-state index in [2.05, 4.69) is 42.4 Å². The molecule has 6 heteroatoms. The summed E-state index contributed by atoms with van der Waals surface area (Å²) in [6.45, 7) is 0. The lowest BCUT2D eigenvalue weighted by molar-refractivity contribution is 0.0955. The van der Waals surface area contributed by atoms with E-state index >= 15 is 0 Å². The lowest BCUT2D eigenvalue weighted by atomic mass is 10.2. The molecule has 2 aromatic rings. The number of hydrazone groups is 1. The minimum Gasteiger partial charge on any atom is -0.267 e. The summed E-state index contributed by atoms with van der Waals surface area (Å²) in [5, 5.41) is 5.87. The highest BCUT2D eigenvalue weighted by atomic mass is 79.9. The number of carbonyl (C=O) groups is 1. The van der Waals surface area contributed by atoms with Crippen LogP contribution in [0.1, 0.15) is 15.2 Å². The summed E-state index contributed by atoms with van der Waals surface area (Å²) in [6, 6.07) is 9.08. The van der Waals surface area contributed by atoms with Gasteiger partial charge < -0.3 is 0 Å². The molecule has 1 aromatic heterocycles. The first-order valence-corrected chi connectivity index (χ1v) is 7.45. The number of amides is 1. The van der Waals surface area contributed by atoms with Crippen molar-refractivity contribution < 1.29 is 4.79 Å². The van der Waals surface area contributed by atoms with E-state index in [1.54, 1.807) is 35.8 Å². The molecule has 0 saturated heterocycles. The molecule has 0 fully saturated rings. The van der Waals surface area contributed by atoms with Gasteiger partial charge in [0.2, 0.25) is 0 Å². The van der Waals surface area contributed by atoms with Crippen LogP contribution in [-0.4, -0.2) is 12.1 Å². The molecule has 0 bridgehead atoms. The third-order valence-electron chi connectivity index (χ3n) is 2.03. The Kier molecular flexibility index (Phi) is 4.68. The molecule has 0 unspecified atom stereocenters. The van der Waals surface area contributed by atoms with Crippen LogP contribution in [0.15, 0.2) is 49.8 Å². The van der Waals surface area contributed by atoms with Crippen LogP contribution in [0.3, 0.4) is 0 Å². The lowest BCUT2D eigenvalue weighted by Crippen LogP contribution is -2.17. The minimum atomic E-state index is -0.233. The van der Waals surface area contributed by atoms with Crippen LogP contribution in [0.25, 0.3) is 0 Å². The summed E-state index contributed by atoms with van der Waals surface area (Å²) >= 11 is 8.21. The Morgan fingerprint density at radius 1 is 1.28 bits per heavy atom. The largest absolute Gasteiger partial charge is 0.271 e. The van der Waals surface area contributed by atoms with Gasteiger partial charge in [0, 0.05) is 24.8 Å². The second-order valence-corrected chi connectivity index (χ2v) is 6.15. The Morgan fingerprint density at radius 2 is 2.11 bits per heavy atom. The van der Waals surface area contributed by atoms with E-state index < -0.39 is 0 Å². The molecule has 0 spiro atoms. The van der Waals surface area contributed by atoms with E-state index in [9.17, 15) is 4.79 Å². The molecule has 1 N–H and O–H groups in total. The molecule has 0 radical (unpaired) electrons. The van der Waals surface area contributed by atoms with Gasteiger partial charge in [0.1, 0.15) is 0 Å². The number of rotatable bonds is 3. The second kappa shape index (κ2) is 6.26. The first-order valence-electron chi connectivity index (χ1n) is 4.98. The maximum atomic E-state index is 11.7. The molecule has 92 valence electrons. The van der Waals surface area contributed by atoms with E-state index in [0.717, 1.165) is 13.8 Å². The maximum Gasteiger partial charge on any atom is 0.271 e. The Balaban J connectivity index is 1.98. The summed E-state index contributed by atoms with van der Waals surface area (Å²) in [5.74, 6) is -0.233. The average molecular weight is 388 g/mol. The van der Waals surface area contributed by atoms with E-state index in [0.29, 0.717) is 5.56 Å². The van der Waals surface area contributed by atoms with Gasteiger partial charge in [-0.05, 0) is 40.2 Å². The zero-order valence-corrected chi connectivity index (χ0v) is 13.0. The van der Waals surface area contributed by atoms with Crippen LogP contribution in [0.4, 0.5) is 0 Å². The molecular weight excluding hydrogens is 380 g/mol. The maximum absolute atomic E-state index is 11.7. The highest BCUT2D eigenvalue weighted by Gasteiger charge is 2.03. The topological polar surface area (TPSA) is 41.5 Å². The monoisotopic (exact) mass is 386 g/mol. The highest BCUT2D eigenvalue weighted by molar-refractivity contribution is 9.10. The van der Waals surface area contributed by atoms with Crippen LogP contribution in [0, 0.1) is 0 Å². The predicted octanol–water partition coefficient (Wildman–Crippen LogP) is 4.04. The van der Waals surface area contributed by atoms with Gasteiger partial charge in [0.25, 0.3) is 5.91 Å². The quantitative estimate of drug-likeness (QED) is 0.626. The second-order valence-electron chi connectivity index (χ2n) is 3.38. The average Bonchev–Trinajstić information content (AvgIpc) is 2.75. The Hall–Kier alpha value is -0.980. The van der Waals surface area contributed by atoms with E-state index in [1.807, 2.05) is 17.5 Å². The van der Waals surface area contributed by atoms with E-state index in [1.165, 1.54) is 0 Å². The van der Waals surface area contributed by atoms with E-state index in [4.69, 9.17) is 0 Å².